The largest absolute Gasteiger partial charge is 0.619 e. The maximum absolute atomic E-state index is 13.5. The smallest absolute Gasteiger partial charge is 0.338 e. The van der Waals surface area contributed by atoms with E-state index in [0.717, 1.165) is 43.6 Å². The highest BCUT2D eigenvalue weighted by molar-refractivity contribution is 6.35. The number of rotatable bonds is 14. The number of nitrogens with zero attached hydrogens (tertiary/aromatic N) is 2. The van der Waals surface area contributed by atoms with Crippen molar-refractivity contribution >= 4 is 41.6 Å². The maximum atomic E-state index is 13.5. The maximum Gasteiger partial charge on any atom is 0.338 e. The Hall–Kier alpha value is -4.88. The molecule has 7 rings (SSSR count). The predicted molar refractivity (Wildman–Crippen MR) is 202 cm³/mol. The zero-order valence-corrected chi connectivity index (χ0v) is 31.5. The van der Waals surface area contributed by atoms with E-state index in [-0.39, 0.29) is 35.0 Å². The second-order valence-electron chi connectivity index (χ2n) is 13.0. The Labute approximate surface area is 324 Å². The van der Waals surface area contributed by atoms with Crippen LogP contribution in [0.5, 0.6) is 11.5 Å². The molecule has 4 heterocycles. The third-order valence-electron chi connectivity index (χ3n) is 9.66. The Morgan fingerprint density at radius 2 is 1.61 bits per heavy atom. The Morgan fingerprint density at radius 3 is 2.20 bits per heavy atom. The number of piperidine rings is 3. The van der Waals surface area contributed by atoms with E-state index >= 15 is 0 Å². The van der Waals surface area contributed by atoms with Gasteiger partial charge in [0, 0.05) is 25.1 Å². The molecule has 12 nitrogen and oxygen atoms in total. The minimum absolute atomic E-state index is 0.0713. The van der Waals surface area contributed by atoms with Crippen LogP contribution in [0.1, 0.15) is 57.6 Å². The first-order chi connectivity index (χ1) is 26.1. The molecule has 0 saturated carbocycles. The van der Waals surface area contributed by atoms with Gasteiger partial charge in [-0.05, 0) is 79.2 Å². The van der Waals surface area contributed by atoms with Crippen LogP contribution in [-0.4, -0.2) is 74.9 Å². The number of carbonyl (C=O) groups excluding carboxylic acids is 2. The Kier molecular flexibility index (Phi) is 14.5. The van der Waals surface area contributed by atoms with Crippen molar-refractivity contribution in [3.63, 3.8) is 0 Å². The third-order valence-corrected chi connectivity index (χ3v) is 10.3. The molecule has 4 aromatic rings. The number of esters is 2. The molecule has 3 aromatic carbocycles. The summed E-state index contributed by atoms with van der Waals surface area (Å²) in [4.78, 5) is 37.7. The fourth-order valence-electron chi connectivity index (χ4n) is 6.80. The van der Waals surface area contributed by atoms with Crippen LogP contribution in [0.25, 0.3) is 0 Å². The van der Waals surface area contributed by atoms with Crippen molar-refractivity contribution in [1.82, 2.24) is 10.2 Å². The Morgan fingerprint density at radius 1 is 0.963 bits per heavy atom. The van der Waals surface area contributed by atoms with Gasteiger partial charge in [-0.25, -0.2) is 9.59 Å². The van der Waals surface area contributed by atoms with Crippen LogP contribution >= 0.6 is 23.2 Å². The van der Waals surface area contributed by atoms with Crippen LogP contribution in [0.3, 0.4) is 0 Å². The molecule has 1 aromatic heterocycles. The van der Waals surface area contributed by atoms with Gasteiger partial charge in [0.2, 0.25) is 0 Å². The van der Waals surface area contributed by atoms with E-state index in [1.807, 2.05) is 42.5 Å². The van der Waals surface area contributed by atoms with Gasteiger partial charge in [-0.2, -0.15) is 4.73 Å². The van der Waals surface area contributed by atoms with Gasteiger partial charge in [0.15, 0.2) is 23.9 Å². The van der Waals surface area contributed by atoms with E-state index < -0.39 is 18.1 Å². The molecule has 0 radical (unpaired) electrons. The second-order valence-corrected chi connectivity index (χ2v) is 13.8. The normalized spacial score (nSPS) is 18.3. The average Bonchev–Trinajstić information content (AvgIpc) is 3.18. The summed E-state index contributed by atoms with van der Waals surface area (Å²) in [5.74, 6) is 0.586. The molecular weight excluding hydrogens is 737 g/mol. The standard InChI is InChI=1S/C39H41Cl2N3O7.CH2O2/c1-48-33-13-12-29(20-35(33)49-2)34(21-30-31(40)22-44(47)23-32(30)41)50-38(45)28-10-8-25(9-11-28)14-17-42-37(27-6-4-3-5-7-27)39(46)51-36-24-43-18-15-26(36)16-19-43;2-1-3/h3-13,20,22-23,26,34,36-37,42H,14-19,21,24H2,1-2H3;1H,(H,2,3)/t34-,36-,37?;/m0./s1. The molecule has 14 heteroatoms. The highest BCUT2D eigenvalue weighted by Crippen LogP contribution is 2.36. The van der Waals surface area contributed by atoms with Gasteiger partial charge in [0.05, 0.1) is 19.8 Å². The molecule has 0 aliphatic carbocycles. The number of nitrogens with one attached hydrogen (secondary N) is 1. The van der Waals surface area contributed by atoms with E-state index in [4.69, 9.17) is 52.1 Å². The van der Waals surface area contributed by atoms with Crippen LogP contribution in [-0.2, 0) is 31.9 Å². The fraction of sp³-hybridized carbons (Fsp3) is 0.350. The second kappa shape index (κ2) is 19.4. The molecule has 54 heavy (non-hydrogen) atoms. The first-order valence-electron chi connectivity index (χ1n) is 17.5. The molecule has 3 fully saturated rings. The van der Waals surface area contributed by atoms with Gasteiger partial charge in [-0.15, -0.1) is 0 Å². The first-order valence-corrected chi connectivity index (χ1v) is 18.3. The summed E-state index contributed by atoms with van der Waals surface area (Å²) in [6, 6.07) is 21.4. The monoisotopic (exact) mass is 779 g/mol. The van der Waals surface area contributed by atoms with E-state index in [2.05, 4.69) is 10.2 Å². The topological polar surface area (TPSA) is 151 Å². The number of hydrogen-bond acceptors (Lipinski definition) is 10. The van der Waals surface area contributed by atoms with Crippen molar-refractivity contribution in [2.45, 2.75) is 43.9 Å². The molecule has 3 aliphatic heterocycles. The van der Waals surface area contributed by atoms with Crippen molar-refractivity contribution in [2.75, 3.05) is 40.4 Å². The number of halogens is 2. The fourth-order valence-corrected chi connectivity index (χ4v) is 7.40. The van der Waals surface area contributed by atoms with Crippen LogP contribution < -0.4 is 19.5 Å². The van der Waals surface area contributed by atoms with E-state index in [0.29, 0.717) is 51.8 Å². The molecular formula is C40H43Cl2N3O9. The van der Waals surface area contributed by atoms with Crippen molar-refractivity contribution < 1.29 is 43.2 Å². The van der Waals surface area contributed by atoms with Gasteiger partial charge in [0.25, 0.3) is 6.47 Å². The van der Waals surface area contributed by atoms with Crippen molar-refractivity contribution in [1.29, 1.82) is 0 Å². The van der Waals surface area contributed by atoms with Crippen LogP contribution in [0.15, 0.2) is 85.2 Å². The minimum Gasteiger partial charge on any atom is -0.619 e. The van der Waals surface area contributed by atoms with Crippen LogP contribution in [0.4, 0.5) is 0 Å². The van der Waals surface area contributed by atoms with Gasteiger partial charge in [-0.3, -0.25) is 9.69 Å². The number of aromatic nitrogens is 1. The zero-order valence-electron chi connectivity index (χ0n) is 30.0. The number of pyridine rings is 1. The minimum atomic E-state index is -0.825. The Bertz CT molecular complexity index is 1850. The van der Waals surface area contributed by atoms with E-state index in [1.54, 1.807) is 30.3 Å². The van der Waals surface area contributed by atoms with Crippen LogP contribution in [0, 0.1) is 11.1 Å². The number of hydrogen-bond donors (Lipinski definition) is 2. The lowest BCUT2D eigenvalue weighted by Gasteiger charge is -2.44. The van der Waals surface area contributed by atoms with Crippen LogP contribution in [0.2, 0.25) is 10.0 Å². The molecule has 0 amide bonds. The SMILES string of the molecule is COc1ccc([C@H](Cc2c(Cl)c[n+]([O-])cc2Cl)OC(=O)c2ccc(CCNC(C(=O)O[C@H]3CN4CCC3CC4)c3ccccc3)cc2)cc1OC.O=CO. The number of carboxylic acid groups (broad SMARTS) is 1. The molecule has 3 atom stereocenters. The zero-order chi connectivity index (χ0) is 38.6. The summed E-state index contributed by atoms with van der Waals surface area (Å²) in [6.07, 6.45) is 4.37. The molecule has 1 unspecified atom stereocenters. The van der Waals surface area contributed by atoms with E-state index in [9.17, 15) is 14.8 Å². The third kappa shape index (κ3) is 10.4. The quantitative estimate of drug-likeness (QED) is 0.0672. The lowest BCUT2D eigenvalue weighted by Crippen LogP contribution is -2.52. The van der Waals surface area contributed by atoms with Gasteiger partial charge in [0.1, 0.15) is 28.3 Å². The number of ether oxygens (including phenoxy) is 4. The molecule has 0 spiro atoms. The number of methoxy groups -OCH3 is 2. The van der Waals surface area contributed by atoms with Crippen molar-refractivity contribution in [3.05, 3.63) is 128 Å². The number of fused-ring (bicyclic) bond motifs is 3. The highest BCUT2D eigenvalue weighted by atomic mass is 35.5. The predicted octanol–water partition coefficient (Wildman–Crippen LogP) is 6.00. The van der Waals surface area contributed by atoms with Gasteiger partial charge < -0.3 is 34.6 Å². The first kappa shape index (κ1) is 40.3. The van der Waals surface area contributed by atoms with Gasteiger partial charge in [-0.1, -0.05) is 71.7 Å². The summed E-state index contributed by atoms with van der Waals surface area (Å²) in [5.41, 5.74) is 3.26. The lowest BCUT2D eigenvalue weighted by atomic mass is 9.86. The number of benzene rings is 3. The van der Waals surface area contributed by atoms with Gasteiger partial charge >= 0.3 is 11.9 Å². The summed E-state index contributed by atoms with van der Waals surface area (Å²) >= 11 is 12.8. The Balaban J connectivity index is 0.00000181. The molecule has 3 aliphatic rings. The average molecular weight is 781 g/mol. The highest BCUT2D eigenvalue weighted by Gasteiger charge is 2.38. The van der Waals surface area contributed by atoms with Crippen molar-refractivity contribution in [3.8, 4) is 11.5 Å². The van der Waals surface area contributed by atoms with E-state index in [1.165, 1.54) is 26.6 Å². The molecule has 286 valence electrons. The summed E-state index contributed by atoms with van der Waals surface area (Å²) in [5, 5.41) is 22.5. The van der Waals surface area contributed by atoms with Crippen molar-refractivity contribution in [2.24, 2.45) is 5.92 Å². The lowest BCUT2D eigenvalue weighted by molar-refractivity contribution is -0.605. The number of carbonyl (C=O) groups is 3. The summed E-state index contributed by atoms with van der Waals surface area (Å²) < 4.78 is 23.5. The molecule has 3 saturated heterocycles. The molecule has 2 N–H and O–H groups in total. The molecule has 2 bridgehead atoms. The summed E-state index contributed by atoms with van der Waals surface area (Å²) in [6.45, 7) is 3.23. The summed E-state index contributed by atoms with van der Waals surface area (Å²) in [7, 11) is 3.05.